The highest BCUT2D eigenvalue weighted by atomic mass is 32.1. The number of rotatable bonds is 6. The van der Waals surface area contributed by atoms with E-state index in [9.17, 15) is 4.79 Å². The van der Waals surface area contributed by atoms with Crippen molar-refractivity contribution in [2.75, 3.05) is 43.2 Å². The quantitative estimate of drug-likeness (QED) is 0.280. The zero-order chi connectivity index (χ0) is 26.8. The van der Waals surface area contributed by atoms with Crippen molar-refractivity contribution in [1.82, 2.24) is 14.9 Å². The van der Waals surface area contributed by atoms with E-state index in [1.54, 1.807) is 12.3 Å². The molecule has 8 nitrogen and oxygen atoms in total. The lowest BCUT2D eigenvalue weighted by Crippen LogP contribution is -2.36. The molecule has 0 radical (unpaired) electrons. The number of nitrogens with one attached hydrogen (secondary N) is 1. The van der Waals surface area contributed by atoms with E-state index >= 15 is 0 Å². The van der Waals surface area contributed by atoms with Gasteiger partial charge in [0.15, 0.2) is 5.11 Å². The number of methoxy groups -OCH3 is 1. The predicted molar refractivity (Wildman–Crippen MR) is 155 cm³/mol. The van der Waals surface area contributed by atoms with Crippen LogP contribution in [0.25, 0.3) is 5.69 Å². The van der Waals surface area contributed by atoms with Gasteiger partial charge in [-0.1, -0.05) is 12.1 Å². The highest BCUT2D eigenvalue weighted by Crippen LogP contribution is 2.42. The number of anilines is 2. The Hall–Kier alpha value is -4.21. The zero-order valence-electron chi connectivity index (χ0n) is 21.6. The van der Waals surface area contributed by atoms with Crippen LogP contribution in [0.4, 0.5) is 11.4 Å². The Kier molecular flexibility index (Phi) is 7.00. The van der Waals surface area contributed by atoms with Gasteiger partial charge in [-0.3, -0.25) is 4.98 Å². The number of esters is 1. The number of hydrogen-bond acceptors (Lipinski definition) is 6. The maximum atomic E-state index is 12.2. The second-order valence-corrected chi connectivity index (χ2v) is 9.84. The number of ether oxygens (including phenoxy) is 2. The maximum absolute atomic E-state index is 12.2. The van der Waals surface area contributed by atoms with Crippen molar-refractivity contribution >= 4 is 34.7 Å². The first-order valence-electron chi connectivity index (χ1n) is 12.9. The summed E-state index contributed by atoms with van der Waals surface area (Å²) in [6.07, 6.45) is 3.80. The lowest BCUT2D eigenvalue weighted by molar-refractivity contribution is 0.0600. The van der Waals surface area contributed by atoms with Gasteiger partial charge >= 0.3 is 5.97 Å². The van der Waals surface area contributed by atoms with Crippen LogP contribution in [0.2, 0.25) is 0 Å². The van der Waals surface area contributed by atoms with Crippen LogP contribution in [-0.4, -0.2) is 54.0 Å². The molecule has 0 unspecified atom stereocenters. The van der Waals surface area contributed by atoms with Crippen LogP contribution in [0.5, 0.6) is 0 Å². The van der Waals surface area contributed by atoms with Crippen LogP contribution in [-0.2, 0) is 9.47 Å². The summed E-state index contributed by atoms with van der Waals surface area (Å²) in [4.78, 5) is 21.4. The van der Waals surface area contributed by atoms with Crippen LogP contribution in [0.3, 0.4) is 0 Å². The Bertz CT molecular complexity index is 1470. The fourth-order valence-electron chi connectivity index (χ4n) is 5.35. The summed E-state index contributed by atoms with van der Waals surface area (Å²) in [5.41, 5.74) is 5.42. The molecule has 0 spiro atoms. The number of carbonyl (C=O) groups is 1. The van der Waals surface area contributed by atoms with Gasteiger partial charge in [0.1, 0.15) is 6.04 Å². The van der Waals surface area contributed by atoms with E-state index in [-0.39, 0.29) is 18.1 Å². The molecule has 39 heavy (non-hydrogen) atoms. The maximum Gasteiger partial charge on any atom is 0.337 e. The largest absolute Gasteiger partial charge is 0.465 e. The molecule has 2 aliphatic rings. The van der Waals surface area contributed by atoms with E-state index in [1.807, 2.05) is 48.7 Å². The highest BCUT2D eigenvalue weighted by Gasteiger charge is 2.42. The monoisotopic (exact) mass is 539 g/mol. The van der Waals surface area contributed by atoms with E-state index < -0.39 is 0 Å². The first-order valence-corrected chi connectivity index (χ1v) is 13.3. The van der Waals surface area contributed by atoms with Crippen molar-refractivity contribution in [2.45, 2.75) is 12.1 Å². The lowest BCUT2D eigenvalue weighted by Gasteiger charge is -2.31. The minimum atomic E-state index is -0.373. The summed E-state index contributed by atoms with van der Waals surface area (Å²) in [6, 6.07) is 25.6. The Morgan fingerprint density at radius 2 is 1.77 bits per heavy atom. The van der Waals surface area contributed by atoms with Gasteiger partial charge in [-0.15, -0.1) is 0 Å². The van der Waals surface area contributed by atoms with Crippen LogP contribution < -0.4 is 15.1 Å². The molecular formula is C30H29N5O3S. The van der Waals surface area contributed by atoms with Crippen molar-refractivity contribution in [1.29, 1.82) is 0 Å². The summed E-state index contributed by atoms with van der Waals surface area (Å²) < 4.78 is 12.6. The average Bonchev–Trinajstić information content (AvgIpc) is 3.62. The number of morpholine rings is 1. The molecule has 198 valence electrons. The normalized spacial score (nSPS) is 19.2. The SMILES string of the molecule is COC(=O)c1cccc(-n2cccc2[C@@H]2[C@@H](c3ccccn3)NC(=S)N2c2ccc(N3CCOCC3)cc2)c1. The molecule has 4 aromatic rings. The lowest BCUT2D eigenvalue weighted by atomic mass is 10.0. The molecule has 2 fully saturated rings. The molecule has 0 saturated carbocycles. The standard InChI is InChI=1S/C30H29N5O3S/c1-37-29(36)21-6-4-7-24(20-21)34-15-5-9-26(34)28-27(25-8-2-3-14-31-25)32-30(39)35(28)23-12-10-22(11-13-23)33-16-18-38-19-17-33/h2-15,20,27-28H,16-19H2,1H3,(H,32,39)/t27-,28-/m1/s1. The van der Waals surface area contributed by atoms with Crippen molar-refractivity contribution in [3.63, 3.8) is 0 Å². The van der Waals surface area contributed by atoms with E-state index in [0.717, 1.165) is 49.1 Å². The Morgan fingerprint density at radius 1 is 0.974 bits per heavy atom. The zero-order valence-corrected chi connectivity index (χ0v) is 22.4. The summed E-state index contributed by atoms with van der Waals surface area (Å²) in [5, 5.41) is 4.16. The van der Waals surface area contributed by atoms with Gasteiger partial charge in [0, 0.05) is 48.2 Å². The average molecular weight is 540 g/mol. The molecule has 0 amide bonds. The minimum absolute atomic E-state index is 0.185. The molecule has 2 aliphatic heterocycles. The second-order valence-electron chi connectivity index (χ2n) is 9.46. The Balaban J connectivity index is 1.42. The van der Waals surface area contributed by atoms with Crippen LogP contribution in [0.1, 0.15) is 33.8 Å². The van der Waals surface area contributed by atoms with Gasteiger partial charge in [-0.25, -0.2) is 4.79 Å². The topological polar surface area (TPSA) is 71.9 Å². The van der Waals surface area contributed by atoms with Gasteiger partial charge in [-0.2, -0.15) is 0 Å². The molecule has 1 N–H and O–H groups in total. The summed E-state index contributed by atoms with van der Waals surface area (Å²) in [5.74, 6) is -0.373. The van der Waals surface area contributed by atoms with Crippen molar-refractivity contribution in [3.05, 3.63) is 108 Å². The van der Waals surface area contributed by atoms with Gasteiger partial charge in [0.25, 0.3) is 0 Å². The molecule has 2 saturated heterocycles. The van der Waals surface area contributed by atoms with Gasteiger partial charge in [-0.05, 0) is 78.9 Å². The number of benzene rings is 2. The van der Waals surface area contributed by atoms with Crippen molar-refractivity contribution in [2.24, 2.45) is 0 Å². The summed E-state index contributed by atoms with van der Waals surface area (Å²) in [6.45, 7) is 3.24. The summed E-state index contributed by atoms with van der Waals surface area (Å²) >= 11 is 5.93. The highest BCUT2D eigenvalue weighted by molar-refractivity contribution is 7.80. The van der Waals surface area contributed by atoms with Crippen molar-refractivity contribution < 1.29 is 14.3 Å². The molecule has 0 aliphatic carbocycles. The molecule has 4 heterocycles. The molecule has 9 heteroatoms. The van der Waals surface area contributed by atoms with Gasteiger partial charge < -0.3 is 29.2 Å². The van der Waals surface area contributed by atoms with Crippen LogP contribution >= 0.6 is 12.2 Å². The Morgan fingerprint density at radius 3 is 2.51 bits per heavy atom. The van der Waals surface area contributed by atoms with E-state index in [0.29, 0.717) is 10.7 Å². The first-order chi connectivity index (χ1) is 19.1. The molecule has 0 bridgehead atoms. The van der Waals surface area contributed by atoms with Crippen LogP contribution in [0, 0.1) is 0 Å². The third-order valence-corrected chi connectivity index (χ3v) is 7.55. The third kappa shape index (κ3) is 4.86. The molecule has 2 aromatic heterocycles. The third-order valence-electron chi connectivity index (χ3n) is 7.23. The molecule has 2 atom stereocenters. The predicted octanol–water partition coefficient (Wildman–Crippen LogP) is 4.67. The Labute approximate surface area is 232 Å². The van der Waals surface area contributed by atoms with Gasteiger partial charge in [0.2, 0.25) is 0 Å². The number of hydrogen-bond donors (Lipinski definition) is 1. The molecular weight excluding hydrogens is 510 g/mol. The second kappa shape index (κ2) is 10.9. The molecule has 6 rings (SSSR count). The smallest absolute Gasteiger partial charge is 0.337 e. The first kappa shape index (κ1) is 25.1. The van der Waals surface area contributed by atoms with Crippen molar-refractivity contribution in [3.8, 4) is 5.69 Å². The van der Waals surface area contributed by atoms with Crippen LogP contribution in [0.15, 0.2) is 91.3 Å². The number of nitrogens with zero attached hydrogens (tertiary/aromatic N) is 4. The fraction of sp³-hybridized carbons (Fsp3) is 0.233. The number of aromatic nitrogens is 2. The number of thiocarbonyl (C=S) groups is 1. The van der Waals surface area contributed by atoms with E-state index in [1.165, 1.54) is 12.8 Å². The fourth-order valence-corrected chi connectivity index (χ4v) is 5.70. The number of pyridine rings is 1. The number of carbonyl (C=O) groups excluding carboxylic acids is 1. The summed E-state index contributed by atoms with van der Waals surface area (Å²) in [7, 11) is 1.39. The minimum Gasteiger partial charge on any atom is -0.465 e. The van der Waals surface area contributed by atoms with Gasteiger partial charge in [0.05, 0.1) is 37.6 Å². The van der Waals surface area contributed by atoms with E-state index in [2.05, 4.69) is 55.0 Å². The molecule has 2 aromatic carbocycles. The van der Waals surface area contributed by atoms with E-state index in [4.69, 9.17) is 21.7 Å².